The van der Waals surface area contributed by atoms with Gasteiger partial charge in [-0.25, -0.2) is 46.3 Å². The topological polar surface area (TPSA) is 408 Å². The SMILES string of the molecule is CNC(=O)c1ccc(Nc2ncc3c(n2)N(C2CC(F)(F)C2)CC(C)(C)C(=O)N3C)c(OC)c1.CNC(=O)c1ccc(Nc2ncc3c(n2)N(CC(C)(C)C)CC(C)(C)C(=O)N3C)c(OC)c1.CNC(=O)c1ccc(Nc2ncc3c(n2)N(CC2CC2(F)F)CC(C)(C)C(=O)N3C)c(OC)c1.COc1cc(C(=O)NC2CCOCC2)ccc1Nc1ncc2c(n1)N(C1CC(F)(F)C1)CC(C)(C)C(=O)N2C. The highest BCUT2D eigenvalue weighted by Crippen LogP contribution is 2.53. The first kappa shape index (κ1) is 103. The lowest BCUT2D eigenvalue weighted by Gasteiger charge is -2.44. The summed E-state index contributed by atoms with van der Waals surface area (Å²) < 4.78 is 110. The fraction of sp³-hybridized carbons (Fsp3) is 0.505. The number of nitrogens with one attached hydrogen (secondary N) is 8. The summed E-state index contributed by atoms with van der Waals surface area (Å²) in [5, 5.41) is 23.2. The standard InChI is InChI=1S/C27H34F2N6O4.C24H34N6O3.2C23H28F2N6O3/c1-26(2)15-35(18-12-27(28,29)13-18)22-20(34(3)24(26)37)14-30-25(33-22)32-19-6-5-16(11-21(19)38-4)23(36)31-17-7-9-39-10-8-17;1-23(2,3)13-30-14-24(4,5)21(32)29(7)17-12-26-22(28-19(17)30)27-16-10-9-15(20(31)25-6)11-18(16)33-8;1-22(2)12-31(11-14-9-23(14,24)25)18-16(30(4)20(22)33)10-27-21(29-18)28-15-7-6-13(19(32)26-3)8-17(15)34-5;1-22(2)12-31(14-9-23(24,25)10-14)18-16(30(4)20(22)33)11-27-21(29-18)28-15-7-6-13(19(32)26-3)8-17(15)34-5/h5-6,11,14,17-18H,7-10,12-13,15H2,1-4H3,(H,31,36)(H,30,32,33);9-12H,13-14H2,1-8H3,(H,25,31)(H,26,27,28);6-8,10,14H,9,11-12H2,1-5H3,(H,26,32)(H,27,28,29);6-8,11,14H,9-10,12H2,1-5H3,(H,26,32)(H,27,28,29). The van der Waals surface area contributed by atoms with Crippen LogP contribution < -0.4 is 101 Å². The molecule has 4 aromatic carbocycles. The van der Waals surface area contributed by atoms with Crippen molar-refractivity contribution in [1.82, 2.24) is 61.1 Å². The molecule has 16 rings (SSSR count). The molecule has 5 aliphatic heterocycles. The Morgan fingerprint density at radius 2 is 0.693 bits per heavy atom. The molecule has 1 unspecified atom stereocenters. The lowest BCUT2D eigenvalue weighted by molar-refractivity contribution is -0.126. The number of hydrogen-bond acceptors (Lipinski definition) is 29. The van der Waals surface area contributed by atoms with E-state index in [1.54, 1.807) is 178 Å². The molecule has 0 bridgehead atoms. The minimum atomic E-state index is -2.72. The van der Waals surface area contributed by atoms with Crippen molar-refractivity contribution in [3.8, 4) is 23.0 Å². The van der Waals surface area contributed by atoms with Crippen molar-refractivity contribution < 1.29 is 88.4 Å². The highest BCUT2D eigenvalue weighted by Gasteiger charge is 2.59. The molecular weight excluding hydrogens is 1820 g/mol. The number of aromatic nitrogens is 8. The van der Waals surface area contributed by atoms with Crippen molar-refractivity contribution in [3.05, 3.63) is 120 Å². The number of ether oxygens (including phenoxy) is 5. The van der Waals surface area contributed by atoms with Gasteiger partial charge in [0.2, 0.25) is 47.4 Å². The second kappa shape index (κ2) is 40.5. The Hall–Kier alpha value is -13.9. The van der Waals surface area contributed by atoms with Crippen LogP contribution in [0.15, 0.2) is 97.6 Å². The van der Waals surface area contributed by atoms with Crippen molar-refractivity contribution in [1.29, 1.82) is 0 Å². The van der Waals surface area contributed by atoms with Crippen molar-refractivity contribution in [2.75, 3.05) is 191 Å². The molecule has 4 aromatic heterocycles. The Morgan fingerprint density at radius 1 is 0.414 bits per heavy atom. The van der Waals surface area contributed by atoms with Gasteiger partial charge >= 0.3 is 0 Å². The van der Waals surface area contributed by atoms with Crippen LogP contribution in [-0.4, -0.2) is 253 Å². The van der Waals surface area contributed by atoms with Crippen LogP contribution in [0.4, 0.5) is 119 Å². The van der Waals surface area contributed by atoms with Gasteiger partial charge in [0, 0.05) is 180 Å². The van der Waals surface area contributed by atoms with E-state index in [2.05, 4.69) is 103 Å². The minimum Gasteiger partial charge on any atom is -0.495 e. The molecule has 8 amide bonds. The van der Waals surface area contributed by atoms with Gasteiger partial charge in [0.15, 0.2) is 23.3 Å². The number of carbonyl (C=O) groups excluding carboxylic acids is 8. The van der Waals surface area contributed by atoms with E-state index in [0.717, 1.165) is 19.4 Å². The van der Waals surface area contributed by atoms with E-state index in [1.807, 2.05) is 18.7 Å². The fourth-order valence-electron chi connectivity index (χ4n) is 17.8. The van der Waals surface area contributed by atoms with Crippen molar-refractivity contribution in [2.24, 2.45) is 33.0 Å². The van der Waals surface area contributed by atoms with E-state index in [4.69, 9.17) is 28.7 Å². The van der Waals surface area contributed by atoms with Crippen LogP contribution in [0.5, 0.6) is 23.0 Å². The molecular formula is C97H124F6N24O13. The number of amides is 8. The number of methoxy groups -OCH3 is 4. The van der Waals surface area contributed by atoms with Crippen LogP contribution in [0.2, 0.25) is 0 Å². The number of halogens is 6. The first-order valence-electron chi connectivity index (χ1n) is 45.9. The number of benzene rings is 4. The third-order valence-electron chi connectivity index (χ3n) is 25.6. The number of rotatable bonds is 22. The molecule has 8 aliphatic rings. The van der Waals surface area contributed by atoms with Gasteiger partial charge in [-0.3, -0.25) is 38.4 Å². The highest BCUT2D eigenvalue weighted by atomic mass is 19.3. The minimum absolute atomic E-state index is 0.00322. The Labute approximate surface area is 809 Å². The molecule has 37 nitrogen and oxygen atoms in total. The first-order chi connectivity index (χ1) is 65.7. The van der Waals surface area contributed by atoms with Gasteiger partial charge in [0.25, 0.3) is 41.4 Å². The maximum atomic E-state index is 13.8. The second-order valence-electron chi connectivity index (χ2n) is 39.9. The molecule has 4 fully saturated rings. The van der Waals surface area contributed by atoms with Gasteiger partial charge < -0.3 is 105 Å². The van der Waals surface area contributed by atoms with Crippen LogP contribution in [0.25, 0.3) is 0 Å². The smallest absolute Gasteiger partial charge is 0.253 e. The van der Waals surface area contributed by atoms with E-state index >= 15 is 0 Å². The third kappa shape index (κ3) is 23.0. The van der Waals surface area contributed by atoms with Crippen LogP contribution in [0.1, 0.15) is 163 Å². The largest absolute Gasteiger partial charge is 0.495 e. The maximum absolute atomic E-state index is 13.8. The van der Waals surface area contributed by atoms with Gasteiger partial charge in [-0.2, -0.15) is 19.9 Å². The van der Waals surface area contributed by atoms with Crippen molar-refractivity contribution in [3.63, 3.8) is 0 Å². The van der Waals surface area contributed by atoms with Gasteiger partial charge in [-0.15, -0.1) is 0 Å². The van der Waals surface area contributed by atoms with E-state index in [9.17, 15) is 64.7 Å². The van der Waals surface area contributed by atoms with Crippen LogP contribution in [0, 0.1) is 33.0 Å². The van der Waals surface area contributed by atoms with Crippen LogP contribution >= 0.6 is 0 Å². The molecule has 0 spiro atoms. The Kier molecular flexibility index (Phi) is 29.9. The van der Waals surface area contributed by atoms with Gasteiger partial charge in [-0.1, -0.05) is 20.8 Å². The number of hydrogen-bond donors (Lipinski definition) is 8. The summed E-state index contributed by atoms with van der Waals surface area (Å²) in [4.78, 5) is 151. The quantitative estimate of drug-likeness (QED) is 0.0292. The maximum Gasteiger partial charge on any atom is 0.253 e. The Balaban J connectivity index is 0.000000158. The molecule has 0 radical (unpaired) electrons. The lowest BCUT2D eigenvalue weighted by Crippen LogP contribution is -2.54. The fourth-order valence-corrected chi connectivity index (χ4v) is 17.8. The molecule has 8 aromatic rings. The molecule has 3 aliphatic carbocycles. The zero-order valence-corrected chi connectivity index (χ0v) is 82.9. The Morgan fingerprint density at radius 3 is 0.979 bits per heavy atom. The number of carbonyl (C=O) groups is 8. The lowest BCUT2D eigenvalue weighted by atomic mass is 9.84. The molecule has 9 heterocycles. The Bertz CT molecular complexity index is 6020. The van der Waals surface area contributed by atoms with Gasteiger partial charge in [0.1, 0.15) is 45.7 Å². The van der Waals surface area contributed by atoms with Crippen molar-refractivity contribution in [2.45, 2.75) is 157 Å². The van der Waals surface area contributed by atoms with E-state index in [1.165, 1.54) is 68.7 Å². The number of nitrogens with zero attached hydrogens (tertiary/aromatic N) is 16. The molecule has 752 valence electrons. The average molecular weight is 1950 g/mol. The summed E-state index contributed by atoms with van der Waals surface area (Å²) >= 11 is 0. The summed E-state index contributed by atoms with van der Waals surface area (Å²) in [5.41, 5.74) is 3.04. The summed E-state index contributed by atoms with van der Waals surface area (Å²) in [6.07, 6.45) is 6.42. The molecule has 140 heavy (non-hydrogen) atoms. The predicted molar refractivity (Wildman–Crippen MR) is 521 cm³/mol. The number of anilines is 16. The van der Waals surface area contributed by atoms with Crippen LogP contribution in [0.3, 0.4) is 0 Å². The summed E-state index contributed by atoms with van der Waals surface area (Å²) in [7, 11) is 17.3. The molecule has 3 saturated carbocycles. The van der Waals surface area contributed by atoms with E-state index < -0.39 is 57.4 Å². The molecule has 43 heteroatoms. The van der Waals surface area contributed by atoms with Crippen LogP contribution in [-0.2, 0) is 23.9 Å². The summed E-state index contributed by atoms with van der Waals surface area (Å²) in [6, 6.07) is 19.1. The third-order valence-corrected chi connectivity index (χ3v) is 25.6. The monoisotopic (exact) mass is 1950 g/mol. The molecule has 1 atom stereocenters. The van der Waals surface area contributed by atoms with Crippen molar-refractivity contribution >= 4 is 140 Å². The normalized spacial score (nSPS) is 19.1. The summed E-state index contributed by atoms with van der Waals surface area (Å²) in [5.74, 6) is -5.56. The predicted octanol–water partition coefficient (Wildman–Crippen LogP) is 13.4. The zero-order valence-electron chi connectivity index (χ0n) is 82.9. The molecule has 8 N–H and O–H groups in total. The summed E-state index contributed by atoms with van der Waals surface area (Å²) in [6.45, 7) is 24.6. The van der Waals surface area contributed by atoms with E-state index in [-0.39, 0.29) is 135 Å². The van der Waals surface area contributed by atoms with Gasteiger partial charge in [0.05, 0.1) is 97.6 Å². The van der Waals surface area contributed by atoms with Gasteiger partial charge in [-0.05, 0) is 146 Å². The number of fused-ring (bicyclic) bond motifs is 4. The highest BCUT2D eigenvalue weighted by molar-refractivity contribution is 6.05. The average Bonchev–Trinajstić information content (AvgIpc) is 1.57. The first-order valence-corrected chi connectivity index (χ1v) is 45.9. The zero-order chi connectivity index (χ0) is 102. The number of alkyl halides is 6. The van der Waals surface area contributed by atoms with E-state index in [0.29, 0.717) is 140 Å². The second-order valence-corrected chi connectivity index (χ2v) is 39.9. The molecule has 1 saturated heterocycles.